The fraction of sp³-hybridized carbons (Fsp3) is 0. The van der Waals surface area contributed by atoms with Crippen molar-refractivity contribution in [2.24, 2.45) is 0 Å². The molecular weight excluding hydrogens is 226 g/mol. The van der Waals surface area contributed by atoms with Crippen LogP contribution in [-0.2, 0) is 0 Å². The lowest BCUT2D eigenvalue weighted by atomic mass is 10.2. The van der Waals surface area contributed by atoms with Crippen LogP contribution in [0.4, 0.5) is 0 Å². The molecule has 1 aromatic carbocycles. The lowest BCUT2D eigenvalue weighted by molar-refractivity contribution is 0.475. The number of aromatic hydroxyl groups is 1. The van der Waals surface area contributed by atoms with Crippen LogP contribution < -0.4 is 0 Å². The van der Waals surface area contributed by atoms with Gasteiger partial charge in [-0.05, 0) is 36.4 Å². The summed E-state index contributed by atoms with van der Waals surface area (Å²) in [6, 6.07) is 10.8. The third kappa shape index (κ3) is 1.96. The van der Waals surface area contributed by atoms with Crippen LogP contribution in [0.2, 0.25) is 0 Å². The molecule has 0 unspecified atom stereocenters. The van der Waals surface area contributed by atoms with Crippen LogP contribution in [0.15, 0.2) is 55.0 Å². The lowest BCUT2D eigenvalue weighted by Gasteiger charge is -1.98. The van der Waals surface area contributed by atoms with Gasteiger partial charge in [0.05, 0.1) is 11.9 Å². The van der Waals surface area contributed by atoms with Crippen LogP contribution in [0.25, 0.3) is 22.6 Å². The number of aromatic amines is 1. The average Bonchev–Trinajstić information content (AvgIpc) is 2.90. The van der Waals surface area contributed by atoms with Crippen molar-refractivity contribution in [1.29, 1.82) is 0 Å². The van der Waals surface area contributed by atoms with Crippen molar-refractivity contribution in [1.82, 2.24) is 15.0 Å². The van der Waals surface area contributed by atoms with E-state index in [9.17, 15) is 5.11 Å². The van der Waals surface area contributed by atoms with Crippen LogP contribution in [-0.4, -0.2) is 20.1 Å². The van der Waals surface area contributed by atoms with Gasteiger partial charge in [-0.25, -0.2) is 4.98 Å². The Morgan fingerprint density at radius 2 is 1.78 bits per heavy atom. The molecular formula is C14H11N3O. The number of pyridine rings is 1. The van der Waals surface area contributed by atoms with Crippen LogP contribution in [0.5, 0.6) is 5.75 Å². The molecule has 0 aliphatic heterocycles. The Hall–Kier alpha value is -2.62. The molecule has 18 heavy (non-hydrogen) atoms. The van der Waals surface area contributed by atoms with Crippen LogP contribution in [0, 0.1) is 0 Å². The van der Waals surface area contributed by atoms with E-state index in [1.165, 1.54) is 0 Å². The van der Waals surface area contributed by atoms with E-state index in [4.69, 9.17) is 0 Å². The molecule has 0 atom stereocenters. The zero-order chi connectivity index (χ0) is 12.4. The maximum absolute atomic E-state index is 9.25. The van der Waals surface area contributed by atoms with Gasteiger partial charge in [0.1, 0.15) is 11.6 Å². The number of phenolic OH excluding ortho intramolecular Hbond substituents is 1. The summed E-state index contributed by atoms with van der Waals surface area (Å²) in [4.78, 5) is 11.6. The molecule has 88 valence electrons. The molecule has 0 saturated heterocycles. The Morgan fingerprint density at radius 3 is 2.50 bits per heavy atom. The van der Waals surface area contributed by atoms with Gasteiger partial charge in [0.2, 0.25) is 0 Å². The minimum absolute atomic E-state index is 0.248. The fourth-order valence-corrected chi connectivity index (χ4v) is 1.76. The maximum Gasteiger partial charge on any atom is 0.137 e. The number of benzene rings is 1. The van der Waals surface area contributed by atoms with Crippen LogP contribution in [0.1, 0.15) is 0 Å². The van der Waals surface area contributed by atoms with Gasteiger partial charge in [-0.3, -0.25) is 4.98 Å². The number of rotatable bonds is 2. The van der Waals surface area contributed by atoms with Crippen molar-refractivity contribution < 1.29 is 5.11 Å². The SMILES string of the molecule is Oc1ccc(-c2ncc(-c3cccnc3)[nH]2)cc1. The van der Waals surface area contributed by atoms with Crippen molar-refractivity contribution in [3.63, 3.8) is 0 Å². The molecule has 0 fully saturated rings. The number of H-pyrrole nitrogens is 1. The highest BCUT2D eigenvalue weighted by Gasteiger charge is 2.05. The third-order valence-electron chi connectivity index (χ3n) is 2.69. The van der Waals surface area contributed by atoms with Crippen molar-refractivity contribution >= 4 is 0 Å². The van der Waals surface area contributed by atoms with Crippen molar-refractivity contribution in [3.05, 3.63) is 55.0 Å². The van der Waals surface area contributed by atoms with Gasteiger partial charge in [-0.2, -0.15) is 0 Å². The van der Waals surface area contributed by atoms with Crippen molar-refractivity contribution in [3.8, 4) is 28.4 Å². The van der Waals surface area contributed by atoms with E-state index in [2.05, 4.69) is 15.0 Å². The molecule has 0 bridgehead atoms. The van der Waals surface area contributed by atoms with Crippen LogP contribution >= 0.6 is 0 Å². The summed E-state index contributed by atoms with van der Waals surface area (Å²) in [7, 11) is 0. The first kappa shape index (κ1) is 10.5. The smallest absolute Gasteiger partial charge is 0.137 e. The zero-order valence-corrected chi connectivity index (χ0v) is 9.54. The summed E-state index contributed by atoms with van der Waals surface area (Å²) in [6.45, 7) is 0. The second kappa shape index (κ2) is 4.33. The number of nitrogens with one attached hydrogen (secondary N) is 1. The minimum atomic E-state index is 0.248. The molecule has 0 amide bonds. The number of aromatic nitrogens is 3. The normalized spacial score (nSPS) is 10.4. The number of hydrogen-bond donors (Lipinski definition) is 2. The van der Waals surface area contributed by atoms with E-state index in [-0.39, 0.29) is 5.75 Å². The first-order valence-corrected chi connectivity index (χ1v) is 5.58. The molecule has 3 rings (SSSR count). The summed E-state index contributed by atoms with van der Waals surface area (Å²) in [5, 5.41) is 9.25. The Kier molecular flexibility index (Phi) is 2.53. The predicted molar refractivity (Wildman–Crippen MR) is 68.9 cm³/mol. The second-order valence-corrected chi connectivity index (χ2v) is 3.93. The first-order chi connectivity index (χ1) is 8.83. The first-order valence-electron chi connectivity index (χ1n) is 5.58. The van der Waals surface area contributed by atoms with E-state index in [1.54, 1.807) is 30.7 Å². The molecule has 0 radical (unpaired) electrons. The highest BCUT2D eigenvalue weighted by molar-refractivity contribution is 5.63. The Balaban J connectivity index is 1.97. The summed E-state index contributed by atoms with van der Waals surface area (Å²) in [5.74, 6) is 1.02. The highest BCUT2D eigenvalue weighted by atomic mass is 16.3. The van der Waals surface area contributed by atoms with Gasteiger partial charge in [0.15, 0.2) is 0 Å². The molecule has 0 saturated carbocycles. The van der Waals surface area contributed by atoms with E-state index >= 15 is 0 Å². The highest BCUT2D eigenvalue weighted by Crippen LogP contribution is 2.22. The molecule has 0 aliphatic rings. The fourth-order valence-electron chi connectivity index (χ4n) is 1.76. The zero-order valence-electron chi connectivity index (χ0n) is 9.54. The Bertz CT molecular complexity index is 644. The quantitative estimate of drug-likeness (QED) is 0.720. The lowest BCUT2D eigenvalue weighted by Crippen LogP contribution is -1.81. The topological polar surface area (TPSA) is 61.8 Å². The van der Waals surface area contributed by atoms with Gasteiger partial charge in [-0.1, -0.05) is 0 Å². The van der Waals surface area contributed by atoms with Gasteiger partial charge in [0.25, 0.3) is 0 Å². The van der Waals surface area contributed by atoms with E-state index < -0.39 is 0 Å². The monoisotopic (exact) mass is 237 g/mol. The predicted octanol–water partition coefficient (Wildman–Crippen LogP) is 2.84. The molecule has 4 heteroatoms. The molecule has 2 N–H and O–H groups in total. The number of hydrogen-bond acceptors (Lipinski definition) is 3. The summed E-state index contributed by atoms with van der Waals surface area (Å²) in [5.41, 5.74) is 2.85. The van der Waals surface area contributed by atoms with Crippen LogP contribution in [0.3, 0.4) is 0 Å². The number of nitrogens with zero attached hydrogens (tertiary/aromatic N) is 2. The minimum Gasteiger partial charge on any atom is -0.508 e. The Morgan fingerprint density at radius 1 is 0.944 bits per heavy atom. The van der Waals surface area contributed by atoms with Gasteiger partial charge in [0, 0.05) is 23.5 Å². The third-order valence-corrected chi connectivity index (χ3v) is 2.69. The van der Waals surface area contributed by atoms with Crippen molar-refractivity contribution in [2.45, 2.75) is 0 Å². The van der Waals surface area contributed by atoms with E-state index in [0.29, 0.717) is 0 Å². The van der Waals surface area contributed by atoms with Gasteiger partial charge in [-0.15, -0.1) is 0 Å². The largest absolute Gasteiger partial charge is 0.508 e. The number of imidazole rings is 1. The molecule has 4 nitrogen and oxygen atoms in total. The summed E-state index contributed by atoms with van der Waals surface area (Å²) < 4.78 is 0. The maximum atomic E-state index is 9.25. The van der Waals surface area contributed by atoms with E-state index in [0.717, 1.165) is 22.6 Å². The summed E-state index contributed by atoms with van der Waals surface area (Å²) in [6.07, 6.45) is 5.30. The van der Waals surface area contributed by atoms with Gasteiger partial charge < -0.3 is 10.1 Å². The molecule has 0 aliphatic carbocycles. The molecule has 0 spiro atoms. The number of phenols is 1. The van der Waals surface area contributed by atoms with E-state index in [1.807, 2.05) is 24.3 Å². The molecule has 3 aromatic rings. The van der Waals surface area contributed by atoms with Crippen molar-refractivity contribution in [2.75, 3.05) is 0 Å². The molecule has 2 heterocycles. The summed E-state index contributed by atoms with van der Waals surface area (Å²) >= 11 is 0. The standard InChI is InChI=1S/C14H11N3O/c18-12-5-3-10(4-6-12)14-16-9-13(17-14)11-2-1-7-15-8-11/h1-9,18H,(H,16,17). The average molecular weight is 237 g/mol. The molecule has 2 aromatic heterocycles. The Labute approximate surface area is 104 Å². The second-order valence-electron chi connectivity index (χ2n) is 3.93. The van der Waals surface area contributed by atoms with Gasteiger partial charge >= 0.3 is 0 Å².